The lowest BCUT2D eigenvalue weighted by atomic mass is 10.1. The molecule has 1 aliphatic heterocycles. The van der Waals surface area contributed by atoms with Crippen LogP contribution < -0.4 is 27.8 Å². The van der Waals surface area contributed by atoms with Crippen molar-refractivity contribution in [2.45, 2.75) is 45.4 Å². The molecule has 0 saturated carbocycles. The Morgan fingerprint density at radius 2 is 1.26 bits per heavy atom. The van der Waals surface area contributed by atoms with Crippen molar-refractivity contribution in [2.75, 3.05) is 54.9 Å². The Balaban J connectivity index is 0.000000171. The third-order valence-electron chi connectivity index (χ3n) is 8.08. The second kappa shape index (κ2) is 18.3. The minimum absolute atomic E-state index is 0.236. The summed E-state index contributed by atoms with van der Waals surface area (Å²) >= 11 is 0. The predicted molar refractivity (Wildman–Crippen MR) is 203 cm³/mol. The number of unbranched alkanes of at least 4 members (excludes halogenated alkanes) is 1. The van der Waals surface area contributed by atoms with Gasteiger partial charge in [0.1, 0.15) is 17.4 Å². The summed E-state index contributed by atoms with van der Waals surface area (Å²) in [7, 11) is 0. The molecule has 1 saturated heterocycles. The number of fused-ring (bicyclic) bond motifs is 2. The molecule has 1 fully saturated rings. The van der Waals surface area contributed by atoms with Crippen LogP contribution in [0.15, 0.2) is 73.1 Å². The smallest absolute Gasteiger partial charge is 0.129 e. The Morgan fingerprint density at radius 3 is 1.68 bits per heavy atom. The van der Waals surface area contributed by atoms with Gasteiger partial charge < -0.3 is 37.4 Å². The predicted octanol–water partition coefficient (Wildman–Crippen LogP) is 6.14. The summed E-state index contributed by atoms with van der Waals surface area (Å²) in [6.45, 7) is 5.91. The Labute approximate surface area is 291 Å². The first-order valence-electron chi connectivity index (χ1n) is 17.1. The Morgan fingerprint density at radius 1 is 0.740 bits per heavy atom. The van der Waals surface area contributed by atoms with Gasteiger partial charge in [-0.1, -0.05) is 24.3 Å². The fourth-order valence-corrected chi connectivity index (χ4v) is 5.52. The van der Waals surface area contributed by atoms with Crippen LogP contribution in [0.4, 0.5) is 23.0 Å². The topological polar surface area (TPSA) is 212 Å². The zero-order chi connectivity index (χ0) is 35.1. The highest BCUT2D eigenvalue weighted by Crippen LogP contribution is 2.30. The first-order chi connectivity index (χ1) is 24.4. The summed E-state index contributed by atoms with van der Waals surface area (Å²) in [6.07, 6.45) is 9.39. The molecule has 1 aliphatic rings. The first kappa shape index (κ1) is 35.8. The summed E-state index contributed by atoms with van der Waals surface area (Å²) in [5, 5.41) is 22.7. The molecule has 0 radical (unpaired) electrons. The fourth-order valence-electron chi connectivity index (χ4n) is 5.52. The first-order valence-corrected chi connectivity index (χ1v) is 17.1. The maximum Gasteiger partial charge on any atom is 0.129 e. The minimum Gasteiger partial charge on any atom is -0.384 e. The SMILES string of the molecule is C1CCOC1.CC(=O)CCCCNc1cc(N)nc2cc(-c3ccn[nH]3)ccc12.NCCCNc1cc(N)nc2cc(-c3ccn[nH]3)ccc12. The van der Waals surface area contributed by atoms with E-state index in [0.717, 1.165) is 101 Å². The monoisotopic (exact) mass is 677 g/mol. The molecule has 13 heteroatoms. The average molecular weight is 678 g/mol. The number of ketones is 1. The number of nitrogens with zero attached hydrogens (tertiary/aromatic N) is 4. The lowest BCUT2D eigenvalue weighted by Crippen LogP contribution is -2.09. The van der Waals surface area contributed by atoms with Gasteiger partial charge in [0, 0.05) is 90.5 Å². The largest absolute Gasteiger partial charge is 0.384 e. The maximum atomic E-state index is 11.0. The molecule has 4 aromatic heterocycles. The van der Waals surface area contributed by atoms with E-state index in [1.54, 1.807) is 19.3 Å². The number of anilines is 4. The lowest BCUT2D eigenvalue weighted by molar-refractivity contribution is -0.117. The minimum atomic E-state index is 0.236. The molecule has 13 nitrogen and oxygen atoms in total. The number of pyridine rings is 2. The van der Waals surface area contributed by atoms with Gasteiger partial charge in [-0.15, -0.1) is 0 Å². The molecule has 0 aliphatic carbocycles. The number of hydrogen-bond donors (Lipinski definition) is 7. The number of rotatable bonds is 12. The molecular weight excluding hydrogens is 630 g/mol. The van der Waals surface area contributed by atoms with Crippen molar-refractivity contribution in [3.05, 3.63) is 73.1 Å². The highest BCUT2D eigenvalue weighted by Gasteiger charge is 2.09. The summed E-state index contributed by atoms with van der Waals surface area (Å²) in [5.74, 6) is 1.22. The average Bonchev–Trinajstić information content (AvgIpc) is 3.93. The summed E-state index contributed by atoms with van der Waals surface area (Å²) in [4.78, 5) is 19.8. The number of aromatic amines is 2. The molecule has 7 rings (SSSR count). The van der Waals surface area contributed by atoms with Gasteiger partial charge in [-0.3, -0.25) is 10.2 Å². The van der Waals surface area contributed by atoms with Crippen LogP contribution in [0.25, 0.3) is 44.3 Å². The van der Waals surface area contributed by atoms with Crippen molar-refractivity contribution in [1.82, 2.24) is 30.4 Å². The molecule has 10 N–H and O–H groups in total. The van der Waals surface area contributed by atoms with Crippen LogP contribution in [-0.4, -0.2) is 69.0 Å². The third-order valence-corrected chi connectivity index (χ3v) is 8.08. The Hall–Kier alpha value is -5.53. The second-order valence-corrected chi connectivity index (χ2v) is 12.1. The second-order valence-electron chi connectivity index (χ2n) is 12.1. The van der Waals surface area contributed by atoms with Crippen molar-refractivity contribution in [3.8, 4) is 22.5 Å². The molecule has 262 valence electrons. The number of benzene rings is 2. The van der Waals surface area contributed by atoms with Gasteiger partial charge in [0.15, 0.2) is 0 Å². The van der Waals surface area contributed by atoms with E-state index in [0.29, 0.717) is 24.6 Å². The van der Waals surface area contributed by atoms with Gasteiger partial charge in [0.05, 0.1) is 22.4 Å². The summed E-state index contributed by atoms with van der Waals surface area (Å²) in [6, 6.07) is 19.7. The Kier molecular flexibility index (Phi) is 13.1. The van der Waals surface area contributed by atoms with Crippen molar-refractivity contribution in [2.24, 2.45) is 5.73 Å². The van der Waals surface area contributed by atoms with Crippen molar-refractivity contribution in [3.63, 3.8) is 0 Å². The molecule has 50 heavy (non-hydrogen) atoms. The molecule has 0 amide bonds. The van der Waals surface area contributed by atoms with Crippen molar-refractivity contribution in [1.29, 1.82) is 0 Å². The molecule has 6 aromatic rings. The summed E-state index contributed by atoms with van der Waals surface area (Å²) < 4.78 is 4.94. The zero-order valence-electron chi connectivity index (χ0n) is 28.5. The van der Waals surface area contributed by atoms with Gasteiger partial charge in [0.2, 0.25) is 0 Å². The Bertz CT molecular complexity index is 1930. The van der Waals surface area contributed by atoms with Crippen LogP contribution >= 0.6 is 0 Å². The molecule has 0 atom stereocenters. The number of nitrogens with one attached hydrogen (secondary N) is 4. The quantitative estimate of drug-likeness (QED) is 0.0731. The van der Waals surface area contributed by atoms with Gasteiger partial charge in [-0.05, 0) is 69.8 Å². The van der Waals surface area contributed by atoms with E-state index in [4.69, 9.17) is 21.9 Å². The number of hydrogen-bond acceptors (Lipinski definition) is 11. The van der Waals surface area contributed by atoms with Crippen LogP contribution in [0.1, 0.15) is 45.4 Å². The van der Waals surface area contributed by atoms with E-state index in [9.17, 15) is 4.79 Å². The van der Waals surface area contributed by atoms with Crippen LogP contribution in [0, 0.1) is 0 Å². The molecular formula is C37H47N11O2. The van der Waals surface area contributed by atoms with E-state index < -0.39 is 0 Å². The van der Waals surface area contributed by atoms with E-state index in [1.807, 2.05) is 60.7 Å². The highest BCUT2D eigenvalue weighted by atomic mass is 16.5. The lowest BCUT2D eigenvalue weighted by Gasteiger charge is -2.11. The van der Waals surface area contributed by atoms with Crippen LogP contribution in [0.5, 0.6) is 0 Å². The fraction of sp³-hybridized carbons (Fsp3) is 0.324. The number of carbonyl (C=O) groups is 1. The number of nitrogens with two attached hydrogens (primary N) is 3. The standard InChI is InChI=1S/C18H21N5O.C15H18N6.C4H8O/c1-12(24)4-2-3-8-20-16-11-18(19)22-17-10-13(5-6-14(16)17)15-7-9-21-23-15;16-5-1-6-18-13-9-15(17)20-14-8-10(2-3-11(13)14)12-4-7-19-21-12;1-2-4-5-3-1/h5-7,9-11H,2-4,8H2,1H3,(H,21,23)(H3,19,20,22);2-4,7-9H,1,5-6,16H2,(H,19,21)(H3,17,18,20);1-4H2. The van der Waals surface area contributed by atoms with Crippen LogP contribution in [0.2, 0.25) is 0 Å². The van der Waals surface area contributed by atoms with E-state index in [2.05, 4.69) is 41.0 Å². The summed E-state index contributed by atoms with van der Waals surface area (Å²) in [5.41, 5.74) is 25.0. The molecule has 0 bridgehead atoms. The highest BCUT2D eigenvalue weighted by molar-refractivity contribution is 5.96. The van der Waals surface area contributed by atoms with E-state index in [1.165, 1.54) is 12.8 Å². The number of Topliss-reactive ketones (excluding diaryl/α,β-unsaturated/α-hetero) is 1. The van der Waals surface area contributed by atoms with E-state index in [-0.39, 0.29) is 5.78 Å². The normalized spacial score (nSPS) is 12.2. The van der Waals surface area contributed by atoms with Gasteiger partial charge in [-0.2, -0.15) is 10.2 Å². The number of aromatic nitrogens is 6. The van der Waals surface area contributed by atoms with Gasteiger partial charge >= 0.3 is 0 Å². The number of ether oxygens (including phenoxy) is 1. The molecule has 0 unspecified atom stereocenters. The maximum absolute atomic E-state index is 11.0. The number of carbonyl (C=O) groups excluding carboxylic acids is 1. The molecule has 2 aromatic carbocycles. The van der Waals surface area contributed by atoms with Crippen molar-refractivity contribution < 1.29 is 9.53 Å². The zero-order valence-corrected chi connectivity index (χ0v) is 28.5. The van der Waals surface area contributed by atoms with Crippen LogP contribution in [0.3, 0.4) is 0 Å². The van der Waals surface area contributed by atoms with Gasteiger partial charge in [0.25, 0.3) is 0 Å². The van der Waals surface area contributed by atoms with Crippen LogP contribution in [-0.2, 0) is 9.53 Å². The number of H-pyrrole nitrogens is 2. The molecule has 5 heterocycles. The molecule has 0 spiro atoms. The number of nitrogen functional groups attached to an aromatic ring is 2. The van der Waals surface area contributed by atoms with Crippen molar-refractivity contribution >= 4 is 50.6 Å². The van der Waals surface area contributed by atoms with Gasteiger partial charge in [-0.25, -0.2) is 9.97 Å². The third kappa shape index (κ3) is 10.2. The van der Waals surface area contributed by atoms with E-state index >= 15 is 0 Å².